The topological polar surface area (TPSA) is 71.4 Å². The van der Waals surface area contributed by atoms with Crippen molar-refractivity contribution in [1.29, 1.82) is 15.8 Å². The highest BCUT2D eigenvalue weighted by atomic mass is 14.3. The number of rotatable bonds is 6. The fourth-order valence-electron chi connectivity index (χ4n) is 7.26. The minimum absolute atomic E-state index is 0.0440. The largest absolute Gasteiger partial charge is 0.192 e. The van der Waals surface area contributed by atoms with E-state index in [1.54, 1.807) is 0 Å². The third-order valence-electron chi connectivity index (χ3n) is 10.5. The van der Waals surface area contributed by atoms with Crippen molar-refractivity contribution in [2.45, 2.75) is 52.4 Å². The normalized spacial score (nSPS) is 11.3. The summed E-state index contributed by atoms with van der Waals surface area (Å²) < 4.78 is 0. The molecule has 0 bridgehead atoms. The molecular formula is C53H43N3. The molecule has 0 aliphatic carbocycles. The van der Waals surface area contributed by atoms with E-state index in [2.05, 4.69) is 157 Å². The van der Waals surface area contributed by atoms with E-state index in [9.17, 15) is 15.8 Å². The first-order chi connectivity index (χ1) is 26.9. The van der Waals surface area contributed by atoms with Gasteiger partial charge in [0.1, 0.15) is 0 Å². The van der Waals surface area contributed by atoms with Gasteiger partial charge >= 0.3 is 0 Å². The average Bonchev–Trinajstić information content (AvgIpc) is 3.22. The van der Waals surface area contributed by atoms with Crippen LogP contribution in [0.25, 0.3) is 66.8 Å². The lowest BCUT2D eigenvalue weighted by atomic mass is 9.84. The van der Waals surface area contributed by atoms with E-state index in [1.807, 2.05) is 54.6 Å². The van der Waals surface area contributed by atoms with E-state index in [0.29, 0.717) is 16.7 Å². The van der Waals surface area contributed by atoms with Crippen molar-refractivity contribution in [2.24, 2.45) is 0 Å². The smallest absolute Gasteiger partial charge is 0.0998 e. The van der Waals surface area contributed by atoms with Crippen molar-refractivity contribution in [3.8, 4) is 85.0 Å². The second-order valence-electron chi connectivity index (χ2n) is 16.4. The molecule has 0 fully saturated rings. The van der Waals surface area contributed by atoms with Gasteiger partial charge in [0, 0.05) is 0 Å². The molecule has 56 heavy (non-hydrogen) atoms. The average molecular weight is 722 g/mol. The van der Waals surface area contributed by atoms with Gasteiger partial charge in [0.25, 0.3) is 0 Å². The maximum atomic E-state index is 10.4. The minimum atomic E-state index is -0.0471. The Morgan fingerprint density at radius 1 is 0.304 bits per heavy atom. The zero-order valence-corrected chi connectivity index (χ0v) is 32.8. The van der Waals surface area contributed by atoms with Crippen molar-refractivity contribution in [1.82, 2.24) is 0 Å². The van der Waals surface area contributed by atoms with Crippen molar-refractivity contribution in [3.05, 3.63) is 179 Å². The van der Waals surface area contributed by atoms with E-state index >= 15 is 0 Å². The van der Waals surface area contributed by atoms with E-state index in [1.165, 1.54) is 0 Å². The molecule has 0 aliphatic rings. The van der Waals surface area contributed by atoms with E-state index in [-0.39, 0.29) is 10.8 Å². The molecule has 0 spiro atoms. The Kier molecular flexibility index (Phi) is 10.0. The highest BCUT2D eigenvalue weighted by molar-refractivity contribution is 5.83. The zero-order valence-electron chi connectivity index (χ0n) is 32.8. The predicted molar refractivity (Wildman–Crippen MR) is 231 cm³/mol. The van der Waals surface area contributed by atoms with Gasteiger partial charge in [0.15, 0.2) is 0 Å². The highest BCUT2D eigenvalue weighted by Crippen LogP contribution is 2.37. The van der Waals surface area contributed by atoms with E-state index < -0.39 is 0 Å². The molecule has 3 heteroatoms. The van der Waals surface area contributed by atoms with Crippen LogP contribution in [0.1, 0.15) is 69.4 Å². The molecule has 0 heterocycles. The summed E-state index contributed by atoms with van der Waals surface area (Å²) in [6.07, 6.45) is 0. The maximum absolute atomic E-state index is 10.4. The van der Waals surface area contributed by atoms with Crippen LogP contribution in [0, 0.1) is 34.0 Å². The van der Waals surface area contributed by atoms with Crippen molar-refractivity contribution < 1.29 is 0 Å². The Labute approximate surface area is 331 Å². The summed E-state index contributed by atoms with van der Waals surface area (Å²) in [6.45, 7) is 12.9. The Morgan fingerprint density at radius 3 is 0.893 bits per heavy atom. The van der Waals surface area contributed by atoms with Gasteiger partial charge in [-0.2, -0.15) is 15.8 Å². The van der Waals surface area contributed by atoms with Gasteiger partial charge in [-0.3, -0.25) is 0 Å². The monoisotopic (exact) mass is 721 g/mol. The van der Waals surface area contributed by atoms with Crippen LogP contribution in [0.15, 0.2) is 152 Å². The molecule has 3 nitrogen and oxygen atoms in total. The number of benzene rings is 7. The van der Waals surface area contributed by atoms with Crippen LogP contribution in [0.2, 0.25) is 0 Å². The fraction of sp³-hybridized carbons (Fsp3) is 0.151. The maximum Gasteiger partial charge on any atom is 0.0998 e. The highest BCUT2D eigenvalue weighted by Gasteiger charge is 2.18. The lowest BCUT2D eigenvalue weighted by Gasteiger charge is -2.20. The van der Waals surface area contributed by atoms with Crippen LogP contribution in [-0.4, -0.2) is 0 Å². The fourth-order valence-corrected chi connectivity index (χ4v) is 7.26. The van der Waals surface area contributed by atoms with Crippen molar-refractivity contribution >= 4 is 0 Å². The molecule has 0 amide bonds. The quantitative estimate of drug-likeness (QED) is 0.172. The molecular weight excluding hydrogens is 679 g/mol. The van der Waals surface area contributed by atoms with Gasteiger partial charge in [-0.1, -0.05) is 151 Å². The van der Waals surface area contributed by atoms with Crippen LogP contribution in [0.3, 0.4) is 0 Å². The minimum Gasteiger partial charge on any atom is -0.192 e. The van der Waals surface area contributed by atoms with Crippen LogP contribution in [-0.2, 0) is 10.8 Å². The van der Waals surface area contributed by atoms with Crippen LogP contribution in [0.5, 0.6) is 0 Å². The van der Waals surface area contributed by atoms with Gasteiger partial charge in [-0.05, 0) is 131 Å². The summed E-state index contributed by atoms with van der Waals surface area (Å²) in [4.78, 5) is 0. The second kappa shape index (κ2) is 15.0. The Bertz CT molecular complexity index is 2750. The molecule has 7 aromatic rings. The first kappa shape index (κ1) is 37.3. The molecule has 0 unspecified atom stereocenters. The van der Waals surface area contributed by atoms with E-state index in [4.69, 9.17) is 0 Å². The van der Waals surface area contributed by atoms with Crippen LogP contribution in [0.4, 0.5) is 0 Å². The van der Waals surface area contributed by atoms with Crippen molar-refractivity contribution in [2.75, 3.05) is 0 Å². The van der Waals surface area contributed by atoms with Gasteiger partial charge in [-0.15, -0.1) is 0 Å². The van der Waals surface area contributed by atoms with Gasteiger partial charge < -0.3 is 0 Å². The second-order valence-corrected chi connectivity index (χ2v) is 16.4. The molecule has 7 rings (SSSR count). The van der Waals surface area contributed by atoms with Crippen LogP contribution >= 0.6 is 0 Å². The molecule has 0 radical (unpaired) electrons. The summed E-state index contributed by atoms with van der Waals surface area (Å²) in [5.41, 5.74) is 15.9. The molecule has 7 aromatic carbocycles. The van der Waals surface area contributed by atoms with Crippen LogP contribution < -0.4 is 0 Å². The summed E-state index contributed by atoms with van der Waals surface area (Å²) in [5, 5.41) is 30.5. The SMILES string of the molecule is CC(C)(C)c1ccc(-c2cccc(-c3cccc(-c4ccc(-c5cccc(-c6cccc(-c7ccc(C(C)(C)C)cc7C#N)c6)c5)c(C#N)c4)c3)c2)c(C#N)c1. The van der Waals surface area contributed by atoms with Crippen molar-refractivity contribution in [3.63, 3.8) is 0 Å². The van der Waals surface area contributed by atoms with Gasteiger partial charge in [-0.25, -0.2) is 0 Å². The summed E-state index contributed by atoms with van der Waals surface area (Å²) in [6, 6.07) is 59.0. The summed E-state index contributed by atoms with van der Waals surface area (Å²) in [5.74, 6) is 0. The number of nitriles is 3. The summed E-state index contributed by atoms with van der Waals surface area (Å²) in [7, 11) is 0. The summed E-state index contributed by atoms with van der Waals surface area (Å²) >= 11 is 0. The molecule has 0 aromatic heterocycles. The van der Waals surface area contributed by atoms with E-state index in [0.717, 1.165) is 77.9 Å². The Balaban J connectivity index is 1.18. The molecule has 0 N–H and O–H groups in total. The first-order valence-electron chi connectivity index (χ1n) is 18.9. The molecule has 0 aliphatic heterocycles. The number of hydrogen-bond donors (Lipinski definition) is 0. The predicted octanol–water partition coefficient (Wildman–Crippen LogP) is 13.9. The van der Waals surface area contributed by atoms with Gasteiger partial charge in [0.2, 0.25) is 0 Å². The Morgan fingerprint density at radius 2 is 0.571 bits per heavy atom. The number of nitrogens with zero attached hydrogens (tertiary/aromatic N) is 3. The molecule has 0 saturated carbocycles. The standard InChI is InChI=1S/C53H43N3/c1-52(2,3)47-20-23-50(45(30-47)33-55)42-17-8-13-37(26-42)35-11-7-12-36(25-35)40-19-22-49(44(29-40)32-54)41-16-9-14-38(27-41)39-15-10-18-43(28-39)51-24-21-48(53(4,5)6)31-46(51)34-56/h7-31H,1-6H3. The molecule has 0 atom stereocenters. The molecule has 270 valence electrons. The zero-order chi connectivity index (χ0) is 39.6. The Hall–Kier alpha value is -6.99. The first-order valence-corrected chi connectivity index (χ1v) is 18.9. The lowest BCUT2D eigenvalue weighted by Crippen LogP contribution is -2.11. The number of hydrogen-bond acceptors (Lipinski definition) is 3. The van der Waals surface area contributed by atoms with Gasteiger partial charge in [0.05, 0.1) is 34.9 Å². The lowest BCUT2D eigenvalue weighted by molar-refractivity contribution is 0.590. The molecule has 0 saturated heterocycles. The third kappa shape index (κ3) is 7.66. The third-order valence-corrected chi connectivity index (χ3v) is 10.5.